The van der Waals surface area contributed by atoms with Crippen LogP contribution < -0.4 is 10.1 Å². The van der Waals surface area contributed by atoms with Crippen LogP contribution in [0.1, 0.15) is 25.3 Å². The molecule has 6 heteroatoms. The van der Waals surface area contributed by atoms with Crippen LogP contribution in [0.5, 0.6) is 5.75 Å². The number of nitrogens with one attached hydrogen (secondary N) is 1. The van der Waals surface area contributed by atoms with Gasteiger partial charge < -0.3 is 10.1 Å². The van der Waals surface area contributed by atoms with Gasteiger partial charge in [-0.25, -0.2) is 0 Å². The lowest BCUT2D eigenvalue weighted by Crippen LogP contribution is -2.36. The number of nitrogens with zero attached hydrogens (tertiary/aromatic N) is 2. The Labute approximate surface area is 125 Å². The molecule has 1 fully saturated rings. The number of nitro groups is 1. The average molecular weight is 293 g/mol. The SMILES string of the molecule is CCCN(Cc1ccc(OC)c([N+](=O)[O-])c1)C1CCNC1. The first-order chi connectivity index (χ1) is 10.2. The zero-order valence-electron chi connectivity index (χ0n) is 12.7. The smallest absolute Gasteiger partial charge is 0.311 e. The Kier molecular flexibility index (Phi) is 5.52. The Balaban J connectivity index is 2.16. The van der Waals surface area contributed by atoms with Crippen molar-refractivity contribution in [3.8, 4) is 5.75 Å². The molecule has 0 aliphatic carbocycles. The van der Waals surface area contributed by atoms with Crippen molar-refractivity contribution in [2.24, 2.45) is 0 Å². The third-order valence-corrected chi connectivity index (χ3v) is 3.89. The molecule has 1 saturated heterocycles. The number of ether oxygens (including phenoxy) is 1. The average Bonchev–Trinajstić information content (AvgIpc) is 3.00. The second kappa shape index (κ2) is 7.38. The number of hydrogen-bond acceptors (Lipinski definition) is 5. The van der Waals surface area contributed by atoms with Crippen molar-refractivity contribution in [2.45, 2.75) is 32.4 Å². The van der Waals surface area contributed by atoms with Crippen molar-refractivity contribution in [3.63, 3.8) is 0 Å². The van der Waals surface area contributed by atoms with E-state index < -0.39 is 0 Å². The van der Waals surface area contributed by atoms with Crippen LogP contribution in [0.2, 0.25) is 0 Å². The quantitative estimate of drug-likeness (QED) is 0.616. The van der Waals surface area contributed by atoms with Gasteiger partial charge in [-0.2, -0.15) is 0 Å². The van der Waals surface area contributed by atoms with E-state index in [1.165, 1.54) is 7.11 Å². The molecular formula is C15H23N3O3. The second-order valence-electron chi connectivity index (χ2n) is 5.38. The number of benzene rings is 1. The summed E-state index contributed by atoms with van der Waals surface area (Å²) in [6.07, 6.45) is 2.22. The van der Waals surface area contributed by atoms with Crippen LogP contribution in [0.25, 0.3) is 0 Å². The minimum absolute atomic E-state index is 0.0380. The van der Waals surface area contributed by atoms with Crippen LogP contribution in [0, 0.1) is 10.1 Å². The first-order valence-electron chi connectivity index (χ1n) is 7.41. The summed E-state index contributed by atoms with van der Waals surface area (Å²) in [5.41, 5.74) is 0.999. The van der Waals surface area contributed by atoms with E-state index in [1.807, 2.05) is 6.07 Å². The molecule has 1 aliphatic heterocycles. The molecule has 0 radical (unpaired) electrons. The molecule has 0 spiro atoms. The van der Waals surface area contributed by atoms with Gasteiger partial charge in [0.05, 0.1) is 12.0 Å². The maximum atomic E-state index is 11.1. The van der Waals surface area contributed by atoms with E-state index >= 15 is 0 Å². The highest BCUT2D eigenvalue weighted by molar-refractivity contribution is 5.48. The van der Waals surface area contributed by atoms with Gasteiger partial charge in [0.1, 0.15) is 0 Å². The first-order valence-corrected chi connectivity index (χ1v) is 7.41. The van der Waals surface area contributed by atoms with Gasteiger partial charge in [0.15, 0.2) is 5.75 Å². The third-order valence-electron chi connectivity index (χ3n) is 3.89. The summed E-state index contributed by atoms with van der Waals surface area (Å²) in [6, 6.07) is 5.75. The van der Waals surface area contributed by atoms with Crippen molar-refractivity contribution in [2.75, 3.05) is 26.7 Å². The van der Waals surface area contributed by atoms with Crippen LogP contribution >= 0.6 is 0 Å². The number of rotatable bonds is 7. The maximum absolute atomic E-state index is 11.1. The predicted molar refractivity (Wildman–Crippen MR) is 81.6 cm³/mol. The summed E-state index contributed by atoms with van der Waals surface area (Å²) >= 11 is 0. The normalized spacial score (nSPS) is 18.1. The highest BCUT2D eigenvalue weighted by Crippen LogP contribution is 2.28. The summed E-state index contributed by atoms with van der Waals surface area (Å²) < 4.78 is 5.05. The molecule has 6 nitrogen and oxygen atoms in total. The first kappa shape index (κ1) is 15.7. The van der Waals surface area contributed by atoms with Crippen molar-refractivity contribution in [3.05, 3.63) is 33.9 Å². The van der Waals surface area contributed by atoms with E-state index in [1.54, 1.807) is 12.1 Å². The van der Waals surface area contributed by atoms with E-state index in [4.69, 9.17) is 4.74 Å². The molecule has 0 amide bonds. The Hall–Kier alpha value is -1.66. The maximum Gasteiger partial charge on any atom is 0.311 e. The lowest BCUT2D eigenvalue weighted by atomic mass is 10.1. The molecule has 1 aromatic rings. The van der Waals surface area contributed by atoms with Gasteiger partial charge >= 0.3 is 5.69 Å². The Morgan fingerprint density at radius 1 is 1.52 bits per heavy atom. The van der Waals surface area contributed by atoms with Crippen molar-refractivity contribution >= 4 is 5.69 Å². The fourth-order valence-corrected chi connectivity index (χ4v) is 2.84. The van der Waals surface area contributed by atoms with Gasteiger partial charge in [-0.05, 0) is 37.6 Å². The molecule has 21 heavy (non-hydrogen) atoms. The number of nitro benzene ring substituents is 1. The van der Waals surface area contributed by atoms with Gasteiger partial charge in [-0.1, -0.05) is 13.0 Å². The van der Waals surface area contributed by atoms with Crippen molar-refractivity contribution in [1.29, 1.82) is 0 Å². The monoisotopic (exact) mass is 293 g/mol. The van der Waals surface area contributed by atoms with Crippen LogP contribution in [-0.4, -0.2) is 42.6 Å². The second-order valence-corrected chi connectivity index (χ2v) is 5.38. The zero-order valence-corrected chi connectivity index (χ0v) is 12.7. The predicted octanol–water partition coefficient (Wildman–Crippen LogP) is 2.18. The topological polar surface area (TPSA) is 67.6 Å². The minimum atomic E-state index is -0.385. The molecular weight excluding hydrogens is 270 g/mol. The van der Waals surface area contributed by atoms with Gasteiger partial charge in [-0.3, -0.25) is 15.0 Å². The fraction of sp³-hybridized carbons (Fsp3) is 0.600. The number of methoxy groups -OCH3 is 1. The summed E-state index contributed by atoms with van der Waals surface area (Å²) in [5, 5.41) is 14.5. The van der Waals surface area contributed by atoms with Gasteiger partial charge in [-0.15, -0.1) is 0 Å². The standard InChI is InChI=1S/C15H23N3O3/c1-3-8-17(13-6-7-16-10-13)11-12-4-5-15(21-2)14(9-12)18(19)20/h4-5,9,13,16H,3,6-8,10-11H2,1-2H3. The van der Waals surface area contributed by atoms with Gasteiger partial charge in [0.2, 0.25) is 0 Å². The molecule has 0 saturated carbocycles. The molecule has 0 aromatic heterocycles. The highest BCUT2D eigenvalue weighted by atomic mass is 16.6. The Bertz CT molecular complexity index is 487. The van der Waals surface area contributed by atoms with Gasteiger partial charge in [0, 0.05) is 25.2 Å². The molecule has 116 valence electrons. The highest BCUT2D eigenvalue weighted by Gasteiger charge is 2.23. The lowest BCUT2D eigenvalue weighted by molar-refractivity contribution is -0.385. The van der Waals surface area contributed by atoms with E-state index in [2.05, 4.69) is 17.1 Å². The van der Waals surface area contributed by atoms with Crippen molar-refractivity contribution in [1.82, 2.24) is 10.2 Å². The molecule has 1 atom stereocenters. The molecule has 0 bridgehead atoms. The zero-order chi connectivity index (χ0) is 15.2. The summed E-state index contributed by atoms with van der Waals surface area (Å²) in [6.45, 7) is 5.95. The molecule has 1 unspecified atom stereocenters. The molecule has 1 N–H and O–H groups in total. The van der Waals surface area contributed by atoms with Gasteiger partial charge in [0.25, 0.3) is 0 Å². The molecule has 2 rings (SSSR count). The molecule has 1 aliphatic rings. The van der Waals surface area contributed by atoms with Crippen LogP contribution in [0.3, 0.4) is 0 Å². The summed E-state index contributed by atoms with van der Waals surface area (Å²) in [5.74, 6) is 0.313. The van der Waals surface area contributed by atoms with Crippen LogP contribution in [0.15, 0.2) is 18.2 Å². The largest absolute Gasteiger partial charge is 0.490 e. The Morgan fingerprint density at radius 2 is 2.33 bits per heavy atom. The summed E-state index contributed by atoms with van der Waals surface area (Å²) in [7, 11) is 1.45. The van der Waals surface area contributed by atoms with E-state index in [9.17, 15) is 10.1 Å². The molecule has 1 aromatic carbocycles. The third kappa shape index (κ3) is 3.92. The lowest BCUT2D eigenvalue weighted by Gasteiger charge is -2.28. The van der Waals surface area contributed by atoms with Crippen LogP contribution in [0.4, 0.5) is 5.69 Å². The number of hydrogen-bond donors (Lipinski definition) is 1. The Morgan fingerprint density at radius 3 is 2.90 bits per heavy atom. The minimum Gasteiger partial charge on any atom is -0.490 e. The van der Waals surface area contributed by atoms with Crippen LogP contribution in [-0.2, 0) is 6.54 Å². The summed E-state index contributed by atoms with van der Waals surface area (Å²) in [4.78, 5) is 13.1. The fourth-order valence-electron chi connectivity index (χ4n) is 2.84. The van der Waals surface area contributed by atoms with E-state index in [0.29, 0.717) is 11.8 Å². The molecule has 1 heterocycles. The van der Waals surface area contributed by atoms with Crippen molar-refractivity contribution < 1.29 is 9.66 Å². The van der Waals surface area contributed by atoms with E-state index in [0.717, 1.165) is 44.6 Å². The van der Waals surface area contributed by atoms with E-state index in [-0.39, 0.29) is 10.6 Å².